The maximum absolute atomic E-state index is 12.1. The van der Waals surface area contributed by atoms with E-state index in [4.69, 9.17) is 10.9 Å². The fraction of sp³-hybridized carbons (Fsp3) is 0.900. The van der Waals surface area contributed by atoms with Crippen LogP contribution < -0.4 is 10.5 Å². The van der Waals surface area contributed by atoms with Gasteiger partial charge in [-0.3, -0.25) is 0 Å². The van der Waals surface area contributed by atoms with Crippen molar-refractivity contribution in [3.8, 4) is 0 Å². The highest BCUT2D eigenvalue weighted by Gasteiger charge is 2.26. The van der Waals surface area contributed by atoms with Crippen molar-refractivity contribution in [1.29, 1.82) is 0 Å². The van der Waals surface area contributed by atoms with Crippen molar-refractivity contribution in [3.63, 3.8) is 0 Å². The molecule has 106 valence electrons. The summed E-state index contributed by atoms with van der Waals surface area (Å²) >= 11 is 0. The Hall–Kier alpha value is -0.860. The number of amidine groups is 1. The second-order valence-electron chi connectivity index (χ2n) is 4.48. The fourth-order valence-corrected chi connectivity index (χ4v) is 3.51. The second-order valence-corrected chi connectivity index (χ2v) is 6.19. The molecule has 1 aliphatic rings. The van der Waals surface area contributed by atoms with Gasteiger partial charge in [0.15, 0.2) is 0 Å². The van der Waals surface area contributed by atoms with Gasteiger partial charge in [-0.05, 0) is 19.3 Å². The van der Waals surface area contributed by atoms with E-state index < -0.39 is 10.2 Å². The molecule has 0 aliphatic carbocycles. The van der Waals surface area contributed by atoms with E-state index in [1.807, 2.05) is 6.92 Å². The van der Waals surface area contributed by atoms with Crippen LogP contribution in [0, 0.1) is 0 Å². The molecule has 0 bridgehead atoms. The van der Waals surface area contributed by atoms with Gasteiger partial charge < -0.3 is 10.9 Å². The van der Waals surface area contributed by atoms with Crippen molar-refractivity contribution < 1.29 is 13.6 Å². The molecule has 0 aromatic rings. The van der Waals surface area contributed by atoms with Crippen LogP contribution in [0.4, 0.5) is 0 Å². The Morgan fingerprint density at radius 1 is 1.44 bits per heavy atom. The molecular weight excluding hydrogens is 256 g/mol. The van der Waals surface area contributed by atoms with Gasteiger partial charge in [-0.2, -0.15) is 17.4 Å². The average Bonchev–Trinajstić information content (AvgIpc) is 2.38. The zero-order chi connectivity index (χ0) is 13.6. The van der Waals surface area contributed by atoms with E-state index in [1.54, 1.807) is 0 Å². The molecular formula is C10H22N4O3S. The molecule has 1 saturated heterocycles. The van der Waals surface area contributed by atoms with E-state index in [1.165, 1.54) is 4.31 Å². The van der Waals surface area contributed by atoms with Crippen molar-refractivity contribution in [3.05, 3.63) is 0 Å². The number of hydrogen-bond donors (Lipinski definition) is 3. The summed E-state index contributed by atoms with van der Waals surface area (Å²) in [6.45, 7) is 2.98. The highest BCUT2D eigenvalue weighted by Crippen LogP contribution is 2.13. The number of piperidine rings is 1. The van der Waals surface area contributed by atoms with Gasteiger partial charge in [0.05, 0.1) is 0 Å². The summed E-state index contributed by atoms with van der Waals surface area (Å²) in [6, 6.07) is -0.340. The molecule has 7 nitrogen and oxygen atoms in total. The molecule has 1 fully saturated rings. The minimum Gasteiger partial charge on any atom is -0.409 e. The van der Waals surface area contributed by atoms with Crippen LogP contribution in [0.5, 0.6) is 0 Å². The topological polar surface area (TPSA) is 108 Å². The second kappa shape index (κ2) is 6.91. The van der Waals surface area contributed by atoms with Crippen LogP contribution >= 0.6 is 0 Å². The number of hydrogen-bond acceptors (Lipinski definition) is 4. The molecule has 4 N–H and O–H groups in total. The van der Waals surface area contributed by atoms with Crippen molar-refractivity contribution in [2.45, 2.75) is 45.1 Å². The van der Waals surface area contributed by atoms with Crippen molar-refractivity contribution in [2.75, 3.05) is 13.1 Å². The molecule has 0 spiro atoms. The third-order valence-electron chi connectivity index (χ3n) is 3.05. The van der Waals surface area contributed by atoms with Crippen molar-refractivity contribution in [2.24, 2.45) is 10.9 Å². The van der Waals surface area contributed by atoms with Gasteiger partial charge in [-0.15, -0.1) is 0 Å². The fourth-order valence-electron chi connectivity index (χ4n) is 1.95. The normalized spacial score (nSPS) is 20.8. The van der Waals surface area contributed by atoms with Crippen LogP contribution in [-0.4, -0.2) is 42.9 Å². The Morgan fingerprint density at radius 2 is 2.06 bits per heavy atom. The SMILES string of the molecule is CCC(CC(N)=NO)NS(=O)(=O)N1CCCCC1. The largest absolute Gasteiger partial charge is 0.409 e. The van der Waals surface area contributed by atoms with E-state index in [0.29, 0.717) is 19.5 Å². The number of nitrogens with two attached hydrogens (primary N) is 1. The Bertz CT molecular complexity index is 377. The molecule has 0 radical (unpaired) electrons. The maximum Gasteiger partial charge on any atom is 0.279 e. The van der Waals surface area contributed by atoms with Gasteiger partial charge in [-0.25, -0.2) is 0 Å². The van der Waals surface area contributed by atoms with Crippen molar-refractivity contribution >= 4 is 16.0 Å². The van der Waals surface area contributed by atoms with E-state index in [2.05, 4.69) is 9.88 Å². The lowest BCUT2D eigenvalue weighted by Gasteiger charge is -2.28. The average molecular weight is 278 g/mol. The first-order valence-corrected chi connectivity index (χ1v) is 7.67. The van der Waals surface area contributed by atoms with E-state index in [0.717, 1.165) is 19.3 Å². The third kappa shape index (κ3) is 4.43. The van der Waals surface area contributed by atoms with Gasteiger partial charge in [-0.1, -0.05) is 18.5 Å². The lowest BCUT2D eigenvalue weighted by Crippen LogP contribution is -2.48. The van der Waals surface area contributed by atoms with Gasteiger partial charge in [0, 0.05) is 25.6 Å². The van der Waals surface area contributed by atoms with Crippen LogP contribution in [0.3, 0.4) is 0 Å². The number of nitrogens with zero attached hydrogens (tertiary/aromatic N) is 2. The molecule has 1 heterocycles. The van der Waals surface area contributed by atoms with E-state index in [9.17, 15) is 8.42 Å². The number of oxime groups is 1. The first-order chi connectivity index (χ1) is 8.49. The Balaban J connectivity index is 2.61. The highest BCUT2D eigenvalue weighted by atomic mass is 32.2. The summed E-state index contributed by atoms with van der Waals surface area (Å²) in [5.41, 5.74) is 5.40. The van der Waals surface area contributed by atoms with Crippen molar-refractivity contribution in [1.82, 2.24) is 9.03 Å². The van der Waals surface area contributed by atoms with Crippen LogP contribution in [-0.2, 0) is 10.2 Å². The number of rotatable bonds is 6. The minimum absolute atomic E-state index is 0.0307. The minimum atomic E-state index is -3.46. The summed E-state index contributed by atoms with van der Waals surface area (Å²) in [6.07, 6.45) is 3.67. The highest BCUT2D eigenvalue weighted by molar-refractivity contribution is 7.87. The molecule has 1 aliphatic heterocycles. The van der Waals surface area contributed by atoms with Gasteiger partial charge in [0.1, 0.15) is 5.84 Å². The smallest absolute Gasteiger partial charge is 0.279 e. The van der Waals surface area contributed by atoms with E-state index >= 15 is 0 Å². The predicted octanol–water partition coefficient (Wildman–Crippen LogP) is 0.222. The number of nitrogens with one attached hydrogen (secondary N) is 1. The standard InChI is InChI=1S/C10H22N4O3S/c1-2-9(8-10(11)12-15)13-18(16,17)14-6-4-3-5-7-14/h9,13,15H,2-8H2,1H3,(H2,11,12). The zero-order valence-electron chi connectivity index (χ0n) is 10.7. The summed E-state index contributed by atoms with van der Waals surface area (Å²) in [5.74, 6) is 0.0307. The van der Waals surface area contributed by atoms with Crippen LogP contribution in [0.15, 0.2) is 5.16 Å². The molecule has 0 aromatic carbocycles. The lowest BCUT2D eigenvalue weighted by atomic mass is 10.1. The Labute approximate surface area is 108 Å². The molecule has 1 rings (SSSR count). The predicted molar refractivity (Wildman–Crippen MR) is 69.6 cm³/mol. The van der Waals surface area contributed by atoms with Gasteiger partial charge in [0.2, 0.25) is 0 Å². The molecule has 0 aromatic heterocycles. The summed E-state index contributed by atoms with van der Waals surface area (Å²) in [4.78, 5) is 0. The zero-order valence-corrected chi connectivity index (χ0v) is 11.5. The van der Waals surface area contributed by atoms with Crippen LogP contribution in [0.2, 0.25) is 0 Å². The molecule has 0 amide bonds. The van der Waals surface area contributed by atoms with Gasteiger partial charge in [0.25, 0.3) is 10.2 Å². The van der Waals surface area contributed by atoms with Crippen LogP contribution in [0.1, 0.15) is 39.0 Å². The maximum atomic E-state index is 12.1. The summed E-state index contributed by atoms with van der Waals surface area (Å²) < 4.78 is 28.3. The monoisotopic (exact) mass is 278 g/mol. The Kier molecular flexibility index (Phi) is 5.83. The molecule has 1 atom stereocenters. The first kappa shape index (κ1) is 15.2. The Morgan fingerprint density at radius 3 is 2.56 bits per heavy atom. The summed E-state index contributed by atoms with van der Waals surface area (Å²) in [5, 5.41) is 11.4. The van der Waals surface area contributed by atoms with Gasteiger partial charge >= 0.3 is 0 Å². The van der Waals surface area contributed by atoms with E-state index in [-0.39, 0.29) is 18.3 Å². The summed E-state index contributed by atoms with van der Waals surface area (Å²) in [7, 11) is -3.46. The lowest BCUT2D eigenvalue weighted by molar-refractivity contribution is 0.315. The molecule has 18 heavy (non-hydrogen) atoms. The first-order valence-electron chi connectivity index (χ1n) is 6.23. The molecule has 1 unspecified atom stereocenters. The quantitative estimate of drug-likeness (QED) is 0.279. The third-order valence-corrected chi connectivity index (χ3v) is 4.72. The van der Waals surface area contributed by atoms with Crippen LogP contribution in [0.25, 0.3) is 0 Å². The molecule has 8 heteroatoms. The molecule has 0 saturated carbocycles.